The monoisotopic (exact) mass is 343 g/mol. The van der Waals surface area contributed by atoms with Gasteiger partial charge in [-0.2, -0.15) is 4.98 Å². The van der Waals surface area contributed by atoms with Gasteiger partial charge in [-0.1, -0.05) is 12.1 Å². The third-order valence-corrected chi connectivity index (χ3v) is 5.43. The Morgan fingerprint density at radius 1 is 1.40 bits per heavy atom. The highest BCUT2D eigenvalue weighted by molar-refractivity contribution is 5.76. The van der Waals surface area contributed by atoms with E-state index in [4.69, 9.17) is 8.94 Å². The zero-order valence-electron chi connectivity index (χ0n) is 14.9. The van der Waals surface area contributed by atoms with E-state index in [1.54, 1.807) is 6.92 Å². The van der Waals surface area contributed by atoms with Crippen molar-refractivity contribution in [3.8, 4) is 0 Å². The lowest BCUT2D eigenvalue weighted by atomic mass is 9.97. The molecule has 2 aromatic rings. The fourth-order valence-electron chi connectivity index (χ4n) is 3.73. The first-order valence-electron chi connectivity index (χ1n) is 9.26. The van der Waals surface area contributed by atoms with Crippen molar-refractivity contribution in [2.45, 2.75) is 57.8 Å². The SMILES string of the molecule is Cc1nc([C@@H]2CCCN(C(=O)CCc3ccc([C@H]4C[C@H]4C)o3)C2)no1. The van der Waals surface area contributed by atoms with Gasteiger partial charge in [0.1, 0.15) is 11.5 Å². The van der Waals surface area contributed by atoms with Crippen molar-refractivity contribution < 1.29 is 13.7 Å². The van der Waals surface area contributed by atoms with Crippen LogP contribution in [0.3, 0.4) is 0 Å². The lowest BCUT2D eigenvalue weighted by Crippen LogP contribution is -2.39. The van der Waals surface area contributed by atoms with E-state index in [0.29, 0.717) is 31.2 Å². The molecule has 3 heterocycles. The number of amides is 1. The molecule has 134 valence electrons. The topological polar surface area (TPSA) is 72.4 Å². The lowest BCUT2D eigenvalue weighted by molar-refractivity contribution is -0.132. The molecule has 1 saturated carbocycles. The minimum atomic E-state index is 0.182. The first-order valence-corrected chi connectivity index (χ1v) is 9.26. The average molecular weight is 343 g/mol. The highest BCUT2D eigenvalue weighted by Crippen LogP contribution is 2.47. The van der Waals surface area contributed by atoms with E-state index in [0.717, 1.165) is 42.6 Å². The van der Waals surface area contributed by atoms with Crippen LogP contribution in [0.25, 0.3) is 0 Å². The molecule has 0 spiro atoms. The van der Waals surface area contributed by atoms with Gasteiger partial charge in [0.2, 0.25) is 11.8 Å². The zero-order valence-corrected chi connectivity index (χ0v) is 14.9. The molecule has 3 atom stereocenters. The maximum absolute atomic E-state index is 12.6. The predicted molar refractivity (Wildman–Crippen MR) is 91.1 cm³/mol. The van der Waals surface area contributed by atoms with Crippen LogP contribution in [0.15, 0.2) is 21.1 Å². The Kier molecular flexibility index (Phi) is 4.36. The van der Waals surface area contributed by atoms with Crippen LogP contribution in [-0.4, -0.2) is 34.0 Å². The first-order chi connectivity index (χ1) is 12.1. The highest BCUT2D eigenvalue weighted by atomic mass is 16.5. The van der Waals surface area contributed by atoms with Gasteiger partial charge in [0.25, 0.3) is 0 Å². The second-order valence-electron chi connectivity index (χ2n) is 7.47. The zero-order chi connectivity index (χ0) is 17.4. The standard InChI is InChI=1S/C19H25N3O3/c1-12-10-16(12)17-7-5-15(24-17)6-8-18(23)22-9-3-4-14(11-22)19-20-13(2)25-21-19/h5,7,12,14,16H,3-4,6,8-11H2,1-2H3/t12-,14-,16+/m1/s1. The van der Waals surface area contributed by atoms with Crippen molar-refractivity contribution in [2.75, 3.05) is 13.1 Å². The summed E-state index contributed by atoms with van der Waals surface area (Å²) in [6.45, 7) is 5.53. The summed E-state index contributed by atoms with van der Waals surface area (Å²) in [5.41, 5.74) is 0. The third kappa shape index (κ3) is 3.62. The van der Waals surface area contributed by atoms with Crippen molar-refractivity contribution in [1.29, 1.82) is 0 Å². The molecule has 1 aliphatic heterocycles. The van der Waals surface area contributed by atoms with E-state index in [2.05, 4.69) is 23.1 Å². The number of hydrogen-bond donors (Lipinski definition) is 0. The second kappa shape index (κ2) is 6.65. The summed E-state index contributed by atoms with van der Waals surface area (Å²) in [6.07, 6.45) is 4.36. The van der Waals surface area contributed by atoms with Gasteiger partial charge < -0.3 is 13.8 Å². The fraction of sp³-hybridized carbons (Fsp3) is 0.632. The molecule has 0 radical (unpaired) electrons. The molecule has 2 aliphatic rings. The van der Waals surface area contributed by atoms with E-state index >= 15 is 0 Å². The van der Waals surface area contributed by atoms with Gasteiger partial charge in [-0.25, -0.2) is 0 Å². The molecule has 1 amide bonds. The van der Waals surface area contributed by atoms with Crippen LogP contribution in [0, 0.1) is 12.8 Å². The molecule has 6 nitrogen and oxygen atoms in total. The quantitative estimate of drug-likeness (QED) is 0.831. The van der Waals surface area contributed by atoms with Crippen LogP contribution in [0.5, 0.6) is 0 Å². The Morgan fingerprint density at radius 2 is 2.24 bits per heavy atom. The molecule has 0 aromatic carbocycles. The Morgan fingerprint density at radius 3 is 2.96 bits per heavy atom. The van der Waals surface area contributed by atoms with Crippen LogP contribution in [0.1, 0.15) is 67.7 Å². The molecular formula is C19H25N3O3. The third-order valence-electron chi connectivity index (χ3n) is 5.43. The second-order valence-corrected chi connectivity index (χ2v) is 7.47. The van der Waals surface area contributed by atoms with Gasteiger partial charge in [-0.15, -0.1) is 0 Å². The molecule has 4 rings (SSSR count). The smallest absolute Gasteiger partial charge is 0.223 e. The fourth-order valence-corrected chi connectivity index (χ4v) is 3.73. The molecule has 0 bridgehead atoms. The molecule has 1 aliphatic carbocycles. The van der Waals surface area contributed by atoms with Crippen molar-refractivity contribution >= 4 is 5.91 Å². The van der Waals surface area contributed by atoms with E-state index in [-0.39, 0.29) is 11.8 Å². The highest BCUT2D eigenvalue weighted by Gasteiger charge is 2.36. The molecule has 0 N–H and O–H groups in total. The minimum Gasteiger partial charge on any atom is -0.466 e. The van der Waals surface area contributed by atoms with Crippen molar-refractivity contribution in [2.24, 2.45) is 5.92 Å². The van der Waals surface area contributed by atoms with Crippen molar-refractivity contribution in [3.05, 3.63) is 35.4 Å². The summed E-state index contributed by atoms with van der Waals surface area (Å²) >= 11 is 0. The van der Waals surface area contributed by atoms with E-state index < -0.39 is 0 Å². The van der Waals surface area contributed by atoms with Crippen LogP contribution in [0.4, 0.5) is 0 Å². The van der Waals surface area contributed by atoms with Gasteiger partial charge in [-0.05, 0) is 37.3 Å². The molecule has 25 heavy (non-hydrogen) atoms. The number of carbonyl (C=O) groups excluding carboxylic acids is 1. The summed E-state index contributed by atoms with van der Waals surface area (Å²) < 4.78 is 11.0. The number of rotatable bonds is 5. The molecular weight excluding hydrogens is 318 g/mol. The van der Waals surface area contributed by atoms with Crippen molar-refractivity contribution in [1.82, 2.24) is 15.0 Å². The largest absolute Gasteiger partial charge is 0.466 e. The van der Waals surface area contributed by atoms with E-state index in [1.807, 2.05) is 11.0 Å². The van der Waals surface area contributed by atoms with Gasteiger partial charge in [-0.3, -0.25) is 4.79 Å². The van der Waals surface area contributed by atoms with Crippen LogP contribution >= 0.6 is 0 Å². The Balaban J connectivity index is 1.30. The maximum Gasteiger partial charge on any atom is 0.223 e. The summed E-state index contributed by atoms with van der Waals surface area (Å²) in [4.78, 5) is 18.8. The Labute approximate surface area is 147 Å². The van der Waals surface area contributed by atoms with Gasteiger partial charge in [0.05, 0.1) is 0 Å². The number of carbonyl (C=O) groups is 1. The number of likely N-dealkylation sites (tertiary alicyclic amines) is 1. The lowest BCUT2D eigenvalue weighted by Gasteiger charge is -2.31. The van der Waals surface area contributed by atoms with Gasteiger partial charge >= 0.3 is 0 Å². The van der Waals surface area contributed by atoms with Crippen LogP contribution < -0.4 is 0 Å². The van der Waals surface area contributed by atoms with Crippen LogP contribution in [-0.2, 0) is 11.2 Å². The number of aromatic nitrogens is 2. The van der Waals surface area contributed by atoms with Crippen LogP contribution in [0.2, 0.25) is 0 Å². The first kappa shape index (κ1) is 16.4. The van der Waals surface area contributed by atoms with Crippen molar-refractivity contribution in [3.63, 3.8) is 0 Å². The molecule has 1 saturated heterocycles. The molecule has 0 unspecified atom stereocenters. The van der Waals surface area contributed by atoms with E-state index in [1.165, 1.54) is 6.42 Å². The number of furan rings is 1. The van der Waals surface area contributed by atoms with Gasteiger partial charge in [0.15, 0.2) is 5.82 Å². The van der Waals surface area contributed by atoms with E-state index in [9.17, 15) is 4.79 Å². The van der Waals surface area contributed by atoms with Gasteiger partial charge in [0, 0.05) is 44.7 Å². The summed E-state index contributed by atoms with van der Waals surface area (Å²) in [6, 6.07) is 4.10. The number of aryl methyl sites for hydroxylation is 2. The minimum absolute atomic E-state index is 0.182. The summed E-state index contributed by atoms with van der Waals surface area (Å²) in [7, 11) is 0. The number of nitrogens with zero attached hydrogens (tertiary/aromatic N) is 3. The summed E-state index contributed by atoms with van der Waals surface area (Å²) in [5.74, 6) is 5.00. The maximum atomic E-state index is 12.6. The normalized spacial score (nSPS) is 26.0. The number of hydrogen-bond acceptors (Lipinski definition) is 5. The predicted octanol–water partition coefficient (Wildman–Crippen LogP) is 3.43. The summed E-state index contributed by atoms with van der Waals surface area (Å²) in [5, 5.41) is 4.02. The molecule has 6 heteroatoms. The molecule has 2 fully saturated rings. The Hall–Kier alpha value is -2.11. The Bertz CT molecular complexity index is 751. The number of piperidine rings is 1. The molecule has 2 aromatic heterocycles. The average Bonchev–Trinajstić information content (AvgIpc) is 3.02.